The first-order chi connectivity index (χ1) is 11.9. The van der Waals surface area contributed by atoms with Gasteiger partial charge in [0.1, 0.15) is 5.75 Å². The van der Waals surface area contributed by atoms with Gasteiger partial charge in [0, 0.05) is 31.9 Å². The lowest BCUT2D eigenvalue weighted by atomic mass is 10.1. The number of anilines is 1. The van der Waals surface area contributed by atoms with E-state index >= 15 is 0 Å². The molecule has 1 fully saturated rings. The van der Waals surface area contributed by atoms with Gasteiger partial charge in [-0.2, -0.15) is 4.31 Å². The van der Waals surface area contributed by atoms with E-state index in [0.717, 1.165) is 0 Å². The summed E-state index contributed by atoms with van der Waals surface area (Å²) < 4.78 is 32.7. The molecule has 1 aliphatic rings. The molecule has 0 radical (unpaired) electrons. The van der Waals surface area contributed by atoms with Crippen molar-refractivity contribution in [2.75, 3.05) is 38.2 Å². The molecule has 6 heteroatoms. The van der Waals surface area contributed by atoms with E-state index in [1.807, 2.05) is 12.1 Å². The summed E-state index contributed by atoms with van der Waals surface area (Å²) in [5.41, 5.74) is 3.10. The molecule has 0 N–H and O–H groups in total. The number of hydrogen-bond donors (Lipinski definition) is 0. The summed E-state index contributed by atoms with van der Waals surface area (Å²) in [6.45, 7) is 6.25. The Bertz CT molecular complexity index is 857. The van der Waals surface area contributed by atoms with Crippen LogP contribution in [0.25, 0.3) is 0 Å². The zero-order valence-electron chi connectivity index (χ0n) is 14.9. The number of aryl methyl sites for hydroxylation is 2. The van der Waals surface area contributed by atoms with Crippen molar-refractivity contribution in [2.24, 2.45) is 0 Å². The lowest BCUT2D eigenvalue weighted by Crippen LogP contribution is -2.49. The molecular weight excluding hydrogens is 336 g/mol. The van der Waals surface area contributed by atoms with Crippen LogP contribution < -0.4 is 9.64 Å². The molecular formula is C19H24N2O3S. The summed E-state index contributed by atoms with van der Waals surface area (Å²) in [5, 5.41) is 0. The average molecular weight is 360 g/mol. The largest absolute Gasteiger partial charge is 0.497 e. The Morgan fingerprint density at radius 2 is 1.60 bits per heavy atom. The van der Waals surface area contributed by atoms with E-state index in [9.17, 15) is 8.42 Å². The highest BCUT2D eigenvalue weighted by Gasteiger charge is 2.30. The first-order valence-corrected chi connectivity index (χ1v) is 9.83. The molecule has 25 heavy (non-hydrogen) atoms. The Balaban J connectivity index is 1.77. The third-order valence-electron chi connectivity index (χ3n) is 4.69. The fourth-order valence-corrected chi connectivity index (χ4v) is 4.89. The molecule has 2 aromatic rings. The Morgan fingerprint density at radius 1 is 0.920 bits per heavy atom. The van der Waals surface area contributed by atoms with E-state index in [2.05, 4.69) is 24.0 Å². The Morgan fingerprint density at radius 3 is 2.20 bits per heavy atom. The molecule has 0 amide bonds. The number of hydrogen-bond acceptors (Lipinski definition) is 4. The third kappa shape index (κ3) is 3.50. The summed E-state index contributed by atoms with van der Waals surface area (Å²) in [6.07, 6.45) is 0. The minimum absolute atomic E-state index is 0.359. The van der Waals surface area contributed by atoms with E-state index in [4.69, 9.17) is 4.74 Å². The smallest absolute Gasteiger partial charge is 0.243 e. The quantitative estimate of drug-likeness (QED) is 0.841. The Labute approximate surface area is 149 Å². The highest BCUT2D eigenvalue weighted by atomic mass is 32.2. The van der Waals surface area contributed by atoms with Crippen LogP contribution in [-0.2, 0) is 10.0 Å². The van der Waals surface area contributed by atoms with Crippen LogP contribution in [0.2, 0.25) is 0 Å². The lowest BCUT2D eigenvalue weighted by Gasteiger charge is -2.36. The van der Waals surface area contributed by atoms with Crippen LogP contribution >= 0.6 is 0 Å². The normalized spacial score (nSPS) is 16.0. The maximum absolute atomic E-state index is 13.0. The summed E-state index contributed by atoms with van der Waals surface area (Å²) in [7, 11) is -1.91. The topological polar surface area (TPSA) is 49.9 Å². The summed E-state index contributed by atoms with van der Waals surface area (Å²) >= 11 is 0. The van der Waals surface area contributed by atoms with Gasteiger partial charge in [-0.15, -0.1) is 0 Å². The molecule has 1 heterocycles. The average Bonchev–Trinajstić information content (AvgIpc) is 2.62. The molecule has 0 atom stereocenters. The number of rotatable bonds is 4. The molecule has 0 aliphatic carbocycles. The highest BCUT2D eigenvalue weighted by Crippen LogP contribution is 2.26. The number of nitrogens with zero attached hydrogens (tertiary/aromatic N) is 2. The van der Waals surface area contributed by atoms with Gasteiger partial charge in [0.25, 0.3) is 0 Å². The van der Waals surface area contributed by atoms with Crippen LogP contribution in [0.3, 0.4) is 0 Å². The van der Waals surface area contributed by atoms with Crippen LogP contribution in [0.1, 0.15) is 11.1 Å². The molecule has 2 aromatic carbocycles. The number of ether oxygens (including phenoxy) is 1. The second-order valence-corrected chi connectivity index (χ2v) is 8.22. The zero-order valence-corrected chi connectivity index (χ0v) is 15.7. The van der Waals surface area contributed by atoms with Crippen molar-refractivity contribution < 1.29 is 13.2 Å². The van der Waals surface area contributed by atoms with Gasteiger partial charge in [0.15, 0.2) is 0 Å². The van der Waals surface area contributed by atoms with Crippen molar-refractivity contribution in [2.45, 2.75) is 18.7 Å². The molecule has 0 bridgehead atoms. The molecule has 1 aliphatic heterocycles. The van der Waals surface area contributed by atoms with Gasteiger partial charge < -0.3 is 9.64 Å². The SMILES string of the molecule is COc1ccc(S(=O)(=O)N2CCN(c3ccccc3C)CC2)c(C)c1. The number of para-hydroxylation sites is 1. The predicted octanol–water partition coefficient (Wildman–Crippen LogP) is 2.82. The molecule has 0 spiro atoms. The van der Waals surface area contributed by atoms with Gasteiger partial charge in [-0.25, -0.2) is 8.42 Å². The lowest BCUT2D eigenvalue weighted by molar-refractivity contribution is 0.384. The van der Waals surface area contributed by atoms with E-state index in [1.54, 1.807) is 36.5 Å². The van der Waals surface area contributed by atoms with Crippen molar-refractivity contribution in [1.29, 1.82) is 0 Å². The molecule has 1 saturated heterocycles. The number of benzene rings is 2. The van der Waals surface area contributed by atoms with Crippen LogP contribution in [0.15, 0.2) is 47.4 Å². The van der Waals surface area contributed by atoms with Crippen LogP contribution in [0, 0.1) is 13.8 Å². The first kappa shape index (κ1) is 17.8. The van der Waals surface area contributed by atoms with Crippen LogP contribution in [0.5, 0.6) is 5.75 Å². The Hall–Kier alpha value is -2.05. The van der Waals surface area contributed by atoms with Crippen molar-refractivity contribution in [3.05, 3.63) is 53.6 Å². The maximum Gasteiger partial charge on any atom is 0.243 e. The minimum Gasteiger partial charge on any atom is -0.497 e. The molecule has 0 unspecified atom stereocenters. The van der Waals surface area contributed by atoms with E-state index < -0.39 is 10.0 Å². The molecule has 0 saturated carbocycles. The highest BCUT2D eigenvalue weighted by molar-refractivity contribution is 7.89. The molecule has 5 nitrogen and oxygen atoms in total. The standard InChI is InChI=1S/C19H24N2O3S/c1-15-6-4-5-7-18(15)20-10-12-21(13-11-20)25(22,23)19-9-8-17(24-3)14-16(19)2/h4-9,14H,10-13H2,1-3H3. The number of piperazine rings is 1. The monoisotopic (exact) mass is 360 g/mol. The van der Waals surface area contributed by atoms with Gasteiger partial charge in [0.05, 0.1) is 12.0 Å². The van der Waals surface area contributed by atoms with E-state index in [1.165, 1.54) is 11.3 Å². The molecule has 0 aromatic heterocycles. The van der Waals surface area contributed by atoms with Crippen molar-refractivity contribution in [3.8, 4) is 5.75 Å². The number of sulfonamides is 1. The molecule has 134 valence electrons. The van der Waals surface area contributed by atoms with Gasteiger partial charge in [0.2, 0.25) is 10.0 Å². The van der Waals surface area contributed by atoms with Crippen molar-refractivity contribution >= 4 is 15.7 Å². The van der Waals surface area contributed by atoms with E-state index in [0.29, 0.717) is 42.4 Å². The fraction of sp³-hybridized carbons (Fsp3) is 0.368. The van der Waals surface area contributed by atoms with Gasteiger partial charge >= 0.3 is 0 Å². The fourth-order valence-electron chi connectivity index (χ4n) is 3.26. The van der Waals surface area contributed by atoms with Crippen molar-refractivity contribution in [3.63, 3.8) is 0 Å². The maximum atomic E-state index is 13.0. The summed E-state index contributed by atoms with van der Waals surface area (Å²) in [6, 6.07) is 13.3. The van der Waals surface area contributed by atoms with Gasteiger partial charge in [-0.05, 0) is 49.2 Å². The minimum atomic E-state index is -3.48. The number of methoxy groups -OCH3 is 1. The van der Waals surface area contributed by atoms with Crippen LogP contribution in [-0.4, -0.2) is 46.0 Å². The molecule has 3 rings (SSSR count). The second kappa shape index (κ2) is 7.06. The van der Waals surface area contributed by atoms with Gasteiger partial charge in [-0.3, -0.25) is 0 Å². The van der Waals surface area contributed by atoms with Crippen LogP contribution in [0.4, 0.5) is 5.69 Å². The second-order valence-electron chi connectivity index (χ2n) is 6.31. The Kier molecular flexibility index (Phi) is 5.01. The summed E-state index contributed by atoms with van der Waals surface area (Å²) in [4.78, 5) is 2.61. The van der Waals surface area contributed by atoms with E-state index in [-0.39, 0.29) is 0 Å². The predicted molar refractivity (Wildman–Crippen MR) is 99.9 cm³/mol. The van der Waals surface area contributed by atoms with Crippen molar-refractivity contribution in [1.82, 2.24) is 4.31 Å². The first-order valence-electron chi connectivity index (χ1n) is 8.39. The van der Waals surface area contributed by atoms with Gasteiger partial charge in [-0.1, -0.05) is 18.2 Å². The zero-order chi connectivity index (χ0) is 18.0. The summed E-state index contributed by atoms with van der Waals surface area (Å²) in [5.74, 6) is 0.667. The third-order valence-corrected chi connectivity index (χ3v) is 6.75.